The fourth-order valence-electron chi connectivity index (χ4n) is 3.60. The second-order valence-electron chi connectivity index (χ2n) is 8.21. The molecule has 0 unspecified atom stereocenters. The van der Waals surface area contributed by atoms with E-state index in [-0.39, 0.29) is 22.3 Å². The Morgan fingerprint density at radius 3 is 2.41 bits per heavy atom. The van der Waals surface area contributed by atoms with E-state index < -0.39 is 15.9 Å². The fourth-order valence-corrected chi connectivity index (χ4v) is 5.95. The lowest BCUT2D eigenvalue weighted by atomic mass is 10.0. The number of anilines is 2. The number of nitrogens with zero attached hydrogens (tertiary/aromatic N) is 1. The van der Waals surface area contributed by atoms with E-state index in [1.807, 2.05) is 0 Å². The summed E-state index contributed by atoms with van der Waals surface area (Å²) in [6, 6.07) is 17.6. The molecule has 4 rings (SSSR count). The maximum atomic E-state index is 13.2. The lowest BCUT2D eigenvalue weighted by Crippen LogP contribution is -2.18. The summed E-state index contributed by atoms with van der Waals surface area (Å²) in [7, 11) is -2.63. The van der Waals surface area contributed by atoms with Crippen LogP contribution in [0.15, 0.2) is 71.6 Å². The molecule has 0 radical (unpaired) electrons. The quantitative estimate of drug-likeness (QED) is 0.228. The molecule has 1 atom stereocenters. The van der Waals surface area contributed by atoms with Crippen molar-refractivity contribution in [2.24, 2.45) is 0 Å². The average molecular weight is 558 g/mol. The van der Waals surface area contributed by atoms with Gasteiger partial charge in [-0.25, -0.2) is 13.4 Å². The molecule has 3 N–H and O–H groups in total. The summed E-state index contributed by atoms with van der Waals surface area (Å²) in [6.07, 6.45) is 0. The zero-order valence-electron chi connectivity index (χ0n) is 20.2. The molecule has 0 aliphatic carbocycles. The van der Waals surface area contributed by atoms with Gasteiger partial charge in [-0.05, 0) is 79.6 Å². The number of amides is 1. The molecule has 0 bridgehead atoms. The van der Waals surface area contributed by atoms with Crippen LogP contribution >= 0.6 is 22.9 Å². The maximum Gasteiger partial charge on any atom is 0.265 e. The van der Waals surface area contributed by atoms with Crippen molar-refractivity contribution in [2.45, 2.75) is 24.7 Å². The van der Waals surface area contributed by atoms with E-state index in [4.69, 9.17) is 16.3 Å². The Morgan fingerprint density at radius 1 is 1.08 bits per heavy atom. The van der Waals surface area contributed by atoms with Crippen LogP contribution in [0, 0.1) is 6.92 Å². The zero-order chi connectivity index (χ0) is 26.7. The van der Waals surface area contributed by atoms with Crippen LogP contribution in [0.3, 0.4) is 0 Å². The van der Waals surface area contributed by atoms with Crippen molar-refractivity contribution in [3.05, 3.63) is 83.0 Å². The lowest BCUT2D eigenvalue weighted by molar-refractivity contribution is -0.117. The summed E-state index contributed by atoms with van der Waals surface area (Å²) >= 11 is 7.19. The van der Waals surface area contributed by atoms with Crippen molar-refractivity contribution < 1.29 is 23.1 Å². The van der Waals surface area contributed by atoms with Crippen molar-refractivity contribution in [3.63, 3.8) is 0 Å². The topological polar surface area (TPSA) is 118 Å². The molecule has 0 saturated heterocycles. The predicted octanol–water partition coefficient (Wildman–Crippen LogP) is 6.03. The van der Waals surface area contributed by atoms with Crippen LogP contribution in [-0.2, 0) is 14.8 Å². The van der Waals surface area contributed by atoms with Crippen molar-refractivity contribution in [2.75, 3.05) is 17.1 Å². The number of aromatic hydroxyl groups is 1. The molecule has 0 spiro atoms. The number of carbonyl (C=O) groups excluding carboxylic acids is 1. The largest absolute Gasteiger partial charge is 0.508 e. The van der Waals surface area contributed by atoms with E-state index in [0.29, 0.717) is 32.0 Å². The number of rotatable bonds is 8. The number of thiazole rings is 1. The number of benzene rings is 3. The number of carbonyl (C=O) groups is 1. The minimum Gasteiger partial charge on any atom is -0.508 e. The Morgan fingerprint density at radius 2 is 1.76 bits per heavy atom. The van der Waals surface area contributed by atoms with Gasteiger partial charge in [-0.15, -0.1) is 0 Å². The van der Waals surface area contributed by atoms with Gasteiger partial charge in [0.25, 0.3) is 10.0 Å². The van der Waals surface area contributed by atoms with Gasteiger partial charge < -0.3 is 15.2 Å². The van der Waals surface area contributed by atoms with Gasteiger partial charge in [-0.2, -0.15) is 0 Å². The minimum absolute atomic E-state index is 0.0219. The SMILES string of the molecule is COc1ccc(-c2sc(NC(=O)[C@H](C)c3ccc(Cl)cc3)nc2C)cc1S(=O)(=O)Nc1ccc(O)cc1. The second-order valence-corrected chi connectivity index (χ2v) is 11.3. The summed E-state index contributed by atoms with van der Waals surface area (Å²) < 4.78 is 34.2. The highest BCUT2D eigenvalue weighted by Crippen LogP contribution is 2.37. The third-order valence-corrected chi connectivity index (χ3v) is 8.40. The molecule has 11 heteroatoms. The van der Waals surface area contributed by atoms with Crippen molar-refractivity contribution in [1.82, 2.24) is 4.98 Å². The number of nitrogens with one attached hydrogen (secondary N) is 2. The van der Waals surface area contributed by atoms with Crippen LogP contribution in [0.1, 0.15) is 24.1 Å². The number of hydrogen-bond donors (Lipinski definition) is 3. The van der Waals surface area contributed by atoms with E-state index in [0.717, 1.165) is 5.56 Å². The molecule has 0 aliphatic heterocycles. The van der Waals surface area contributed by atoms with E-state index >= 15 is 0 Å². The van der Waals surface area contributed by atoms with Crippen LogP contribution in [0.5, 0.6) is 11.5 Å². The van der Waals surface area contributed by atoms with Crippen LogP contribution in [0.25, 0.3) is 10.4 Å². The maximum absolute atomic E-state index is 13.2. The molecule has 8 nitrogen and oxygen atoms in total. The first-order valence-electron chi connectivity index (χ1n) is 11.1. The minimum atomic E-state index is -4.02. The summed E-state index contributed by atoms with van der Waals surface area (Å²) in [6.45, 7) is 3.58. The Balaban J connectivity index is 1.60. The van der Waals surface area contributed by atoms with E-state index in [1.54, 1.807) is 50.2 Å². The van der Waals surface area contributed by atoms with Crippen molar-refractivity contribution >= 4 is 49.7 Å². The summed E-state index contributed by atoms with van der Waals surface area (Å²) in [5.74, 6) is -0.455. The van der Waals surface area contributed by atoms with Gasteiger partial charge in [0.1, 0.15) is 16.4 Å². The summed E-state index contributed by atoms with van der Waals surface area (Å²) in [4.78, 5) is 17.9. The van der Waals surface area contributed by atoms with Crippen LogP contribution in [-0.4, -0.2) is 31.5 Å². The number of phenolic OH excluding ortho intramolecular Hbond substituents is 1. The number of aryl methyl sites for hydroxylation is 1. The molecule has 37 heavy (non-hydrogen) atoms. The summed E-state index contributed by atoms with van der Waals surface area (Å²) in [5.41, 5.74) is 2.35. The second kappa shape index (κ2) is 10.8. The molecule has 4 aromatic rings. The van der Waals surface area contributed by atoms with Gasteiger partial charge in [0.2, 0.25) is 5.91 Å². The van der Waals surface area contributed by atoms with Crippen molar-refractivity contribution in [3.8, 4) is 21.9 Å². The lowest BCUT2D eigenvalue weighted by Gasteiger charge is -2.13. The predicted molar refractivity (Wildman–Crippen MR) is 146 cm³/mol. The van der Waals surface area contributed by atoms with Gasteiger partial charge in [-0.3, -0.25) is 9.52 Å². The number of hydrogen-bond acceptors (Lipinski definition) is 7. The highest BCUT2D eigenvalue weighted by atomic mass is 35.5. The Bertz CT molecular complexity index is 1540. The van der Waals surface area contributed by atoms with Crippen LogP contribution < -0.4 is 14.8 Å². The normalized spacial score (nSPS) is 12.1. The Hall–Kier alpha value is -3.60. The average Bonchev–Trinajstić information content (AvgIpc) is 3.24. The molecule has 1 amide bonds. The van der Waals surface area contributed by atoms with Crippen LogP contribution in [0.4, 0.5) is 10.8 Å². The third kappa shape index (κ3) is 6.04. The molecule has 1 aromatic heterocycles. The first kappa shape index (κ1) is 26.5. The molecule has 0 aliphatic rings. The Labute approximate surface area is 224 Å². The molecule has 3 aromatic carbocycles. The van der Waals surface area contributed by atoms with E-state index in [9.17, 15) is 18.3 Å². The number of ether oxygens (including phenoxy) is 1. The first-order valence-corrected chi connectivity index (χ1v) is 13.8. The molecule has 0 fully saturated rings. The molecule has 1 heterocycles. The molecule has 192 valence electrons. The van der Waals surface area contributed by atoms with Gasteiger partial charge in [0.05, 0.1) is 23.6 Å². The first-order chi connectivity index (χ1) is 17.6. The summed E-state index contributed by atoms with van der Waals surface area (Å²) in [5, 5.41) is 13.3. The smallest absolute Gasteiger partial charge is 0.265 e. The standard InChI is InChI=1S/C26H24ClN3O5S2/c1-15(17-4-7-19(27)8-5-17)25(32)29-26-28-16(2)24(36-26)18-6-13-22(35-3)23(14-18)37(33,34)30-20-9-11-21(31)12-10-20/h4-15,30-31H,1-3H3,(H,28,29,32)/t15-/m1/s1. The van der Waals surface area contributed by atoms with Gasteiger partial charge in [0.15, 0.2) is 5.13 Å². The number of halogens is 1. The highest BCUT2D eigenvalue weighted by Gasteiger charge is 2.23. The van der Waals surface area contributed by atoms with E-state index in [2.05, 4.69) is 15.0 Å². The molecular formula is C26H24ClN3O5S2. The van der Waals surface area contributed by atoms with Gasteiger partial charge in [0, 0.05) is 10.7 Å². The number of sulfonamides is 1. The Kier molecular flexibility index (Phi) is 7.72. The molecule has 0 saturated carbocycles. The number of aromatic nitrogens is 1. The van der Waals surface area contributed by atoms with Crippen LogP contribution in [0.2, 0.25) is 5.02 Å². The monoisotopic (exact) mass is 557 g/mol. The van der Waals surface area contributed by atoms with E-state index in [1.165, 1.54) is 48.8 Å². The third-order valence-electron chi connectivity index (χ3n) is 5.62. The zero-order valence-corrected chi connectivity index (χ0v) is 22.5. The molecular weight excluding hydrogens is 534 g/mol. The number of methoxy groups -OCH3 is 1. The fraction of sp³-hybridized carbons (Fsp3) is 0.154. The highest BCUT2D eigenvalue weighted by molar-refractivity contribution is 7.92. The van der Waals surface area contributed by atoms with Gasteiger partial charge >= 0.3 is 0 Å². The van der Waals surface area contributed by atoms with Gasteiger partial charge in [-0.1, -0.05) is 35.1 Å². The van der Waals surface area contributed by atoms with Crippen molar-refractivity contribution in [1.29, 1.82) is 0 Å². The number of phenols is 1.